The van der Waals surface area contributed by atoms with Gasteiger partial charge in [0, 0.05) is 11.8 Å². The van der Waals surface area contributed by atoms with Gasteiger partial charge in [0.05, 0.1) is 5.69 Å². The fraction of sp³-hybridized carbons (Fsp3) is 0.154. The van der Waals surface area contributed by atoms with E-state index < -0.39 is 0 Å². The molecule has 6 heteroatoms. The lowest BCUT2D eigenvalue weighted by molar-refractivity contribution is -0.129. The highest BCUT2D eigenvalue weighted by Gasteiger charge is 2.11. The first-order valence-electron chi connectivity index (χ1n) is 5.66. The van der Waals surface area contributed by atoms with Crippen LogP contribution in [0, 0.1) is 6.92 Å². The topological polar surface area (TPSA) is 84.1 Å². The summed E-state index contributed by atoms with van der Waals surface area (Å²) in [5, 5.41) is 9.21. The molecular formula is C13H13N3O3. The van der Waals surface area contributed by atoms with E-state index in [0.29, 0.717) is 23.4 Å². The summed E-state index contributed by atoms with van der Waals surface area (Å²) < 4.78 is 4.61. The number of nitrogens with one attached hydrogen (secondary N) is 2. The molecule has 0 spiro atoms. The molecule has 0 saturated heterocycles. The minimum absolute atomic E-state index is 0.0104. The number of anilines is 1. The van der Waals surface area contributed by atoms with Gasteiger partial charge in [0.2, 0.25) is 0 Å². The Hall–Kier alpha value is -2.63. The Labute approximate surface area is 109 Å². The molecule has 0 aliphatic heterocycles. The van der Waals surface area contributed by atoms with Gasteiger partial charge < -0.3 is 10.1 Å². The summed E-state index contributed by atoms with van der Waals surface area (Å²) >= 11 is 0. The maximum atomic E-state index is 12.0. The van der Waals surface area contributed by atoms with Gasteiger partial charge in [-0.25, -0.2) is 0 Å². The lowest BCUT2D eigenvalue weighted by Crippen LogP contribution is -2.12. The zero-order chi connectivity index (χ0) is 13.7. The fourth-order valence-electron chi connectivity index (χ4n) is 1.55. The first kappa shape index (κ1) is 12.8. The van der Waals surface area contributed by atoms with Gasteiger partial charge in [0.15, 0.2) is 0 Å². The number of amides is 1. The molecule has 1 aromatic carbocycles. The third-order valence-electron chi connectivity index (χ3n) is 2.57. The number of H-pyrrole nitrogens is 1. The second-order valence-electron chi connectivity index (χ2n) is 3.97. The average Bonchev–Trinajstić information content (AvgIpc) is 2.84. The standard InChI is InChI=1S/C13H13N3O3/c1-9-2-4-10(5-3-9)13(18)15-11-6-14-16-12(11)7-19-8-17/h2-6,8H,7H2,1H3,(H,14,16)(H,15,18). The van der Waals surface area contributed by atoms with Crippen molar-refractivity contribution in [1.82, 2.24) is 10.2 Å². The first-order valence-corrected chi connectivity index (χ1v) is 5.66. The van der Waals surface area contributed by atoms with Crippen LogP contribution in [0.5, 0.6) is 0 Å². The van der Waals surface area contributed by atoms with E-state index >= 15 is 0 Å². The molecular weight excluding hydrogens is 246 g/mol. The molecule has 0 atom stereocenters. The minimum atomic E-state index is -0.242. The third kappa shape index (κ3) is 3.19. The van der Waals surface area contributed by atoms with E-state index in [1.165, 1.54) is 6.20 Å². The number of rotatable bonds is 5. The van der Waals surface area contributed by atoms with E-state index in [1.54, 1.807) is 12.1 Å². The van der Waals surface area contributed by atoms with E-state index in [4.69, 9.17) is 0 Å². The molecule has 2 N–H and O–H groups in total. The number of aryl methyl sites for hydroxylation is 1. The Morgan fingerprint density at radius 1 is 1.42 bits per heavy atom. The van der Waals surface area contributed by atoms with Gasteiger partial charge in [-0.3, -0.25) is 14.7 Å². The predicted molar refractivity (Wildman–Crippen MR) is 68.6 cm³/mol. The number of aromatic nitrogens is 2. The molecule has 6 nitrogen and oxygen atoms in total. The average molecular weight is 259 g/mol. The third-order valence-corrected chi connectivity index (χ3v) is 2.57. The molecule has 2 aromatic rings. The summed E-state index contributed by atoms with van der Waals surface area (Å²) in [6, 6.07) is 7.21. The lowest BCUT2D eigenvalue weighted by Gasteiger charge is -2.05. The minimum Gasteiger partial charge on any atom is -0.461 e. The lowest BCUT2D eigenvalue weighted by atomic mass is 10.1. The van der Waals surface area contributed by atoms with Crippen molar-refractivity contribution in [3.8, 4) is 0 Å². The molecule has 0 saturated carbocycles. The van der Waals surface area contributed by atoms with Crippen molar-refractivity contribution in [2.75, 3.05) is 5.32 Å². The Bertz CT molecular complexity index is 575. The Balaban J connectivity index is 2.08. The van der Waals surface area contributed by atoms with Gasteiger partial charge in [0.25, 0.3) is 12.4 Å². The molecule has 0 aliphatic rings. The fourth-order valence-corrected chi connectivity index (χ4v) is 1.55. The molecule has 0 unspecified atom stereocenters. The van der Waals surface area contributed by atoms with Crippen LogP contribution in [-0.2, 0) is 16.1 Å². The molecule has 98 valence electrons. The molecule has 0 aliphatic carbocycles. The van der Waals surface area contributed by atoms with Crippen molar-refractivity contribution in [2.24, 2.45) is 0 Å². The zero-order valence-corrected chi connectivity index (χ0v) is 10.3. The second kappa shape index (κ2) is 5.81. The van der Waals surface area contributed by atoms with Crippen molar-refractivity contribution in [3.05, 3.63) is 47.3 Å². The van der Waals surface area contributed by atoms with Gasteiger partial charge in [-0.15, -0.1) is 0 Å². The van der Waals surface area contributed by atoms with Crippen LogP contribution >= 0.6 is 0 Å². The number of hydrogen-bond donors (Lipinski definition) is 2. The van der Waals surface area contributed by atoms with E-state index in [-0.39, 0.29) is 12.5 Å². The maximum absolute atomic E-state index is 12.0. The van der Waals surface area contributed by atoms with Gasteiger partial charge in [-0.2, -0.15) is 5.10 Å². The van der Waals surface area contributed by atoms with Crippen LogP contribution < -0.4 is 5.32 Å². The molecule has 19 heavy (non-hydrogen) atoms. The van der Waals surface area contributed by atoms with Crippen molar-refractivity contribution in [3.63, 3.8) is 0 Å². The molecule has 0 fully saturated rings. The maximum Gasteiger partial charge on any atom is 0.293 e. The Kier molecular flexibility index (Phi) is 3.92. The number of aromatic amines is 1. The van der Waals surface area contributed by atoms with Crippen molar-refractivity contribution in [2.45, 2.75) is 13.5 Å². The molecule has 0 bridgehead atoms. The van der Waals surface area contributed by atoms with Crippen molar-refractivity contribution >= 4 is 18.1 Å². The Morgan fingerprint density at radius 2 is 2.16 bits per heavy atom. The number of carbonyl (C=O) groups is 2. The summed E-state index contributed by atoms with van der Waals surface area (Å²) in [7, 11) is 0. The molecule has 1 heterocycles. The first-order chi connectivity index (χ1) is 9.20. The van der Waals surface area contributed by atoms with Crippen LogP contribution in [0.4, 0.5) is 5.69 Å². The zero-order valence-electron chi connectivity index (χ0n) is 10.3. The van der Waals surface area contributed by atoms with Crippen LogP contribution in [0.15, 0.2) is 30.5 Å². The van der Waals surface area contributed by atoms with Crippen LogP contribution in [0.1, 0.15) is 21.6 Å². The van der Waals surface area contributed by atoms with Crippen molar-refractivity contribution in [1.29, 1.82) is 0 Å². The van der Waals surface area contributed by atoms with Crippen LogP contribution in [0.25, 0.3) is 0 Å². The van der Waals surface area contributed by atoms with Crippen LogP contribution in [0.3, 0.4) is 0 Å². The summed E-state index contributed by atoms with van der Waals surface area (Å²) in [4.78, 5) is 22.1. The summed E-state index contributed by atoms with van der Waals surface area (Å²) in [5.74, 6) is -0.242. The number of benzene rings is 1. The van der Waals surface area contributed by atoms with Gasteiger partial charge in [-0.05, 0) is 19.1 Å². The van der Waals surface area contributed by atoms with Gasteiger partial charge in [-0.1, -0.05) is 17.7 Å². The number of hydrogen-bond acceptors (Lipinski definition) is 4. The van der Waals surface area contributed by atoms with Gasteiger partial charge in [0.1, 0.15) is 12.3 Å². The van der Waals surface area contributed by atoms with E-state index in [1.807, 2.05) is 19.1 Å². The molecule has 0 radical (unpaired) electrons. The largest absolute Gasteiger partial charge is 0.461 e. The quantitative estimate of drug-likeness (QED) is 0.799. The SMILES string of the molecule is Cc1ccc(C(=O)Nc2c[nH]nc2COC=O)cc1. The van der Waals surface area contributed by atoms with E-state index in [9.17, 15) is 9.59 Å². The molecule has 1 amide bonds. The highest BCUT2D eigenvalue weighted by Crippen LogP contribution is 2.14. The summed E-state index contributed by atoms with van der Waals surface area (Å²) in [6.07, 6.45) is 1.54. The van der Waals surface area contributed by atoms with Crippen LogP contribution in [-0.4, -0.2) is 22.6 Å². The Morgan fingerprint density at radius 3 is 2.84 bits per heavy atom. The van der Waals surface area contributed by atoms with E-state index in [0.717, 1.165) is 5.56 Å². The molecule has 2 rings (SSSR count). The predicted octanol–water partition coefficient (Wildman–Crippen LogP) is 1.64. The smallest absolute Gasteiger partial charge is 0.293 e. The summed E-state index contributed by atoms with van der Waals surface area (Å²) in [5.41, 5.74) is 2.59. The number of carbonyl (C=O) groups excluding carboxylic acids is 2. The summed E-state index contributed by atoms with van der Waals surface area (Å²) in [6.45, 7) is 2.30. The highest BCUT2D eigenvalue weighted by molar-refractivity contribution is 6.04. The second-order valence-corrected chi connectivity index (χ2v) is 3.97. The normalized spacial score (nSPS) is 9.95. The van der Waals surface area contributed by atoms with E-state index in [2.05, 4.69) is 20.3 Å². The van der Waals surface area contributed by atoms with Crippen LogP contribution in [0.2, 0.25) is 0 Å². The monoisotopic (exact) mass is 259 g/mol. The highest BCUT2D eigenvalue weighted by atomic mass is 16.5. The number of nitrogens with zero attached hydrogens (tertiary/aromatic N) is 1. The number of ether oxygens (including phenoxy) is 1. The van der Waals surface area contributed by atoms with Gasteiger partial charge >= 0.3 is 0 Å². The van der Waals surface area contributed by atoms with Crippen molar-refractivity contribution < 1.29 is 14.3 Å². The molecule has 1 aromatic heterocycles.